The standard InChI is InChI=1S/C20H23FN2O/c1-13-8-11-17(12-18(13)21)23-20(24)14(2)22-19(16-9-10-16)15-6-4-3-5-7-15/h3-8,11-12,14,16,19,22H,9-10H2,1-2H3,(H,23,24)/t14-,19-/m1/s1. The highest BCUT2D eigenvalue weighted by Crippen LogP contribution is 2.41. The summed E-state index contributed by atoms with van der Waals surface area (Å²) in [5.41, 5.74) is 2.26. The third-order valence-corrected chi connectivity index (χ3v) is 4.51. The molecular formula is C20H23FN2O. The summed E-state index contributed by atoms with van der Waals surface area (Å²) in [4.78, 5) is 12.4. The summed E-state index contributed by atoms with van der Waals surface area (Å²) in [6.07, 6.45) is 2.37. The first-order valence-electron chi connectivity index (χ1n) is 8.42. The van der Waals surface area contributed by atoms with Crippen molar-refractivity contribution in [3.63, 3.8) is 0 Å². The summed E-state index contributed by atoms with van der Waals surface area (Å²) in [5, 5.41) is 6.22. The number of rotatable bonds is 6. The molecule has 0 heterocycles. The van der Waals surface area contributed by atoms with Gasteiger partial charge in [0.1, 0.15) is 5.82 Å². The van der Waals surface area contributed by atoms with Crippen molar-refractivity contribution in [2.45, 2.75) is 38.8 Å². The van der Waals surface area contributed by atoms with Crippen molar-refractivity contribution in [1.82, 2.24) is 5.32 Å². The number of hydrogen-bond donors (Lipinski definition) is 2. The molecule has 0 aliphatic heterocycles. The molecule has 2 N–H and O–H groups in total. The number of hydrogen-bond acceptors (Lipinski definition) is 2. The Bertz CT molecular complexity index is 713. The number of carbonyl (C=O) groups excluding carboxylic acids is 1. The molecule has 0 radical (unpaired) electrons. The van der Waals surface area contributed by atoms with Crippen molar-refractivity contribution in [3.05, 3.63) is 65.5 Å². The number of nitrogens with one attached hydrogen (secondary N) is 2. The lowest BCUT2D eigenvalue weighted by molar-refractivity contribution is -0.118. The molecule has 1 amide bonds. The van der Waals surface area contributed by atoms with E-state index < -0.39 is 0 Å². The van der Waals surface area contributed by atoms with E-state index in [1.807, 2.05) is 25.1 Å². The van der Waals surface area contributed by atoms with Crippen molar-refractivity contribution in [2.75, 3.05) is 5.32 Å². The van der Waals surface area contributed by atoms with E-state index in [-0.39, 0.29) is 23.8 Å². The van der Waals surface area contributed by atoms with Crippen LogP contribution in [0.25, 0.3) is 0 Å². The molecule has 1 saturated carbocycles. The van der Waals surface area contributed by atoms with Crippen molar-refractivity contribution in [3.8, 4) is 0 Å². The molecule has 0 spiro atoms. The predicted molar refractivity (Wildman–Crippen MR) is 94.3 cm³/mol. The summed E-state index contributed by atoms with van der Waals surface area (Å²) < 4.78 is 13.6. The van der Waals surface area contributed by atoms with Crippen LogP contribution in [0.3, 0.4) is 0 Å². The molecule has 0 saturated heterocycles. The summed E-state index contributed by atoms with van der Waals surface area (Å²) in [6.45, 7) is 3.55. The van der Waals surface area contributed by atoms with Crippen molar-refractivity contribution in [2.24, 2.45) is 5.92 Å². The molecule has 0 bridgehead atoms. The van der Waals surface area contributed by atoms with Gasteiger partial charge in [0.25, 0.3) is 0 Å². The van der Waals surface area contributed by atoms with Gasteiger partial charge in [-0.05, 0) is 55.9 Å². The van der Waals surface area contributed by atoms with Crippen LogP contribution in [-0.2, 0) is 4.79 Å². The molecule has 2 aromatic carbocycles. The SMILES string of the molecule is Cc1ccc(NC(=O)[C@@H](C)N[C@H](c2ccccc2)C2CC2)cc1F. The second-order valence-corrected chi connectivity index (χ2v) is 6.57. The topological polar surface area (TPSA) is 41.1 Å². The van der Waals surface area contributed by atoms with E-state index in [1.54, 1.807) is 19.1 Å². The highest BCUT2D eigenvalue weighted by Gasteiger charge is 2.33. The predicted octanol–water partition coefficient (Wildman–Crippen LogP) is 4.20. The maximum atomic E-state index is 13.6. The zero-order valence-electron chi connectivity index (χ0n) is 14.1. The molecule has 126 valence electrons. The zero-order valence-corrected chi connectivity index (χ0v) is 14.1. The van der Waals surface area contributed by atoms with Gasteiger partial charge in [-0.3, -0.25) is 10.1 Å². The molecular weight excluding hydrogens is 303 g/mol. The zero-order chi connectivity index (χ0) is 17.1. The Morgan fingerprint density at radius 3 is 2.50 bits per heavy atom. The van der Waals surface area contributed by atoms with Gasteiger partial charge in [-0.2, -0.15) is 0 Å². The lowest BCUT2D eigenvalue weighted by Gasteiger charge is -2.23. The second kappa shape index (κ2) is 7.14. The van der Waals surface area contributed by atoms with Gasteiger partial charge in [-0.1, -0.05) is 36.4 Å². The van der Waals surface area contributed by atoms with E-state index in [1.165, 1.54) is 24.5 Å². The first kappa shape index (κ1) is 16.7. The van der Waals surface area contributed by atoms with Crippen LogP contribution in [0.15, 0.2) is 48.5 Å². The van der Waals surface area contributed by atoms with Gasteiger partial charge in [-0.15, -0.1) is 0 Å². The number of anilines is 1. The Hall–Kier alpha value is -2.20. The highest BCUT2D eigenvalue weighted by molar-refractivity contribution is 5.94. The Morgan fingerprint density at radius 1 is 1.17 bits per heavy atom. The van der Waals surface area contributed by atoms with E-state index in [0.717, 1.165) is 0 Å². The van der Waals surface area contributed by atoms with Crippen LogP contribution in [0.2, 0.25) is 0 Å². The lowest BCUT2D eigenvalue weighted by Crippen LogP contribution is -2.40. The maximum Gasteiger partial charge on any atom is 0.241 e. The van der Waals surface area contributed by atoms with E-state index in [4.69, 9.17) is 0 Å². The number of aryl methyl sites for hydroxylation is 1. The fourth-order valence-corrected chi connectivity index (χ4v) is 2.86. The van der Waals surface area contributed by atoms with E-state index >= 15 is 0 Å². The van der Waals surface area contributed by atoms with Crippen LogP contribution < -0.4 is 10.6 Å². The number of benzene rings is 2. The van der Waals surface area contributed by atoms with E-state index in [2.05, 4.69) is 22.8 Å². The molecule has 0 unspecified atom stereocenters. The molecule has 0 aromatic heterocycles. The van der Waals surface area contributed by atoms with Gasteiger partial charge in [0.05, 0.1) is 6.04 Å². The Balaban J connectivity index is 1.65. The van der Waals surface area contributed by atoms with Gasteiger partial charge in [0.15, 0.2) is 0 Å². The Morgan fingerprint density at radius 2 is 1.88 bits per heavy atom. The first-order valence-corrected chi connectivity index (χ1v) is 8.42. The van der Waals surface area contributed by atoms with Gasteiger partial charge in [0.2, 0.25) is 5.91 Å². The van der Waals surface area contributed by atoms with Gasteiger partial charge >= 0.3 is 0 Å². The fourth-order valence-electron chi connectivity index (χ4n) is 2.86. The third-order valence-electron chi connectivity index (χ3n) is 4.51. The lowest BCUT2D eigenvalue weighted by atomic mass is 10.0. The monoisotopic (exact) mass is 326 g/mol. The largest absolute Gasteiger partial charge is 0.325 e. The molecule has 1 aliphatic rings. The minimum absolute atomic E-state index is 0.153. The first-order chi connectivity index (χ1) is 11.5. The van der Waals surface area contributed by atoms with Crippen LogP contribution in [0, 0.1) is 18.7 Å². The average Bonchev–Trinajstić information content (AvgIpc) is 3.41. The van der Waals surface area contributed by atoms with Crippen molar-refractivity contribution >= 4 is 11.6 Å². The summed E-state index contributed by atoms with van der Waals surface area (Å²) in [7, 11) is 0. The van der Waals surface area contributed by atoms with E-state index in [0.29, 0.717) is 17.2 Å². The van der Waals surface area contributed by atoms with Gasteiger partial charge < -0.3 is 5.32 Å². The number of amides is 1. The maximum absolute atomic E-state index is 13.6. The molecule has 2 aromatic rings. The van der Waals surface area contributed by atoms with Crippen LogP contribution in [0.5, 0.6) is 0 Å². The summed E-state index contributed by atoms with van der Waals surface area (Å²) in [5.74, 6) is 0.118. The molecule has 3 nitrogen and oxygen atoms in total. The van der Waals surface area contributed by atoms with Crippen molar-refractivity contribution < 1.29 is 9.18 Å². The fraction of sp³-hybridized carbons (Fsp3) is 0.350. The van der Waals surface area contributed by atoms with E-state index in [9.17, 15) is 9.18 Å². The summed E-state index contributed by atoms with van der Waals surface area (Å²) >= 11 is 0. The van der Waals surface area contributed by atoms with Crippen molar-refractivity contribution in [1.29, 1.82) is 0 Å². The van der Waals surface area contributed by atoms with Crippen LogP contribution in [-0.4, -0.2) is 11.9 Å². The minimum Gasteiger partial charge on any atom is -0.325 e. The third kappa shape index (κ3) is 4.01. The van der Waals surface area contributed by atoms with Crippen LogP contribution in [0.4, 0.5) is 10.1 Å². The highest BCUT2D eigenvalue weighted by atomic mass is 19.1. The number of halogens is 1. The van der Waals surface area contributed by atoms with Crippen LogP contribution >= 0.6 is 0 Å². The van der Waals surface area contributed by atoms with Gasteiger partial charge in [0, 0.05) is 11.7 Å². The average molecular weight is 326 g/mol. The molecule has 4 heteroatoms. The Labute approximate surface area is 142 Å². The molecule has 1 fully saturated rings. The summed E-state index contributed by atoms with van der Waals surface area (Å²) in [6, 6.07) is 14.8. The molecule has 2 atom stereocenters. The molecule has 1 aliphatic carbocycles. The number of carbonyl (C=O) groups is 1. The minimum atomic E-state index is -0.361. The van der Waals surface area contributed by atoms with Gasteiger partial charge in [-0.25, -0.2) is 4.39 Å². The van der Waals surface area contributed by atoms with Crippen LogP contribution in [0.1, 0.15) is 36.9 Å². The molecule has 3 rings (SSSR count). The normalized spacial score (nSPS) is 16.5. The Kier molecular flexibility index (Phi) is 4.95. The quantitative estimate of drug-likeness (QED) is 0.835. The smallest absolute Gasteiger partial charge is 0.241 e. The second-order valence-electron chi connectivity index (χ2n) is 6.57. The molecule has 24 heavy (non-hydrogen) atoms.